The summed E-state index contributed by atoms with van der Waals surface area (Å²) in [5.74, 6) is -1.99. The maximum absolute atomic E-state index is 11.5. The Bertz CT molecular complexity index is 463. The van der Waals surface area contributed by atoms with Gasteiger partial charge < -0.3 is 9.84 Å². The number of carbonyl (C=O) groups is 2. The van der Waals surface area contributed by atoms with E-state index in [2.05, 4.69) is 4.74 Å². The summed E-state index contributed by atoms with van der Waals surface area (Å²) in [6.07, 6.45) is 0. The van der Waals surface area contributed by atoms with Crippen LogP contribution in [0, 0.1) is 13.8 Å². The van der Waals surface area contributed by atoms with E-state index in [0.717, 1.165) is 11.1 Å². The fraction of sp³-hybridized carbons (Fsp3) is 0.385. The van der Waals surface area contributed by atoms with Crippen molar-refractivity contribution in [1.29, 1.82) is 0 Å². The molecule has 0 aliphatic rings. The fourth-order valence-electron chi connectivity index (χ4n) is 1.80. The standard InChI is InChI=1S/C13H16O4/c1-7-5-8(2)11(13(16)17-4)6-10(7)9(3)12(14)15/h5-6,9H,1-4H3,(H,14,15). The molecule has 1 rings (SSSR count). The number of methoxy groups -OCH3 is 1. The first-order chi connectivity index (χ1) is 7.88. The highest BCUT2D eigenvalue weighted by Gasteiger charge is 2.19. The van der Waals surface area contributed by atoms with Crippen LogP contribution in [0.3, 0.4) is 0 Å². The van der Waals surface area contributed by atoms with Crippen LogP contribution < -0.4 is 0 Å². The smallest absolute Gasteiger partial charge is 0.338 e. The van der Waals surface area contributed by atoms with E-state index in [9.17, 15) is 9.59 Å². The number of ether oxygens (including phenoxy) is 1. The van der Waals surface area contributed by atoms with Gasteiger partial charge in [-0.3, -0.25) is 4.79 Å². The third-order valence-electron chi connectivity index (χ3n) is 2.86. The van der Waals surface area contributed by atoms with Gasteiger partial charge in [-0.15, -0.1) is 0 Å². The Labute approximate surface area is 100 Å². The molecule has 0 saturated carbocycles. The van der Waals surface area contributed by atoms with Crippen molar-refractivity contribution in [2.45, 2.75) is 26.7 Å². The minimum atomic E-state index is -0.909. The Balaban J connectivity index is 3.33. The van der Waals surface area contributed by atoms with E-state index >= 15 is 0 Å². The van der Waals surface area contributed by atoms with Gasteiger partial charge in [0.2, 0.25) is 0 Å². The highest BCUT2D eigenvalue weighted by molar-refractivity contribution is 5.92. The van der Waals surface area contributed by atoms with Crippen molar-refractivity contribution >= 4 is 11.9 Å². The van der Waals surface area contributed by atoms with Gasteiger partial charge in [0.1, 0.15) is 0 Å². The molecular formula is C13H16O4. The van der Waals surface area contributed by atoms with Gasteiger partial charge in [0.25, 0.3) is 0 Å². The number of carbonyl (C=O) groups excluding carboxylic acids is 1. The lowest BCUT2D eigenvalue weighted by molar-refractivity contribution is -0.138. The van der Waals surface area contributed by atoms with Crippen molar-refractivity contribution in [2.24, 2.45) is 0 Å². The van der Waals surface area contributed by atoms with Gasteiger partial charge in [-0.05, 0) is 43.5 Å². The van der Waals surface area contributed by atoms with Crippen LogP contribution in [-0.4, -0.2) is 24.2 Å². The van der Waals surface area contributed by atoms with Crippen LogP contribution in [-0.2, 0) is 9.53 Å². The second-order valence-corrected chi connectivity index (χ2v) is 4.08. The van der Waals surface area contributed by atoms with Crippen LogP contribution in [0.4, 0.5) is 0 Å². The summed E-state index contributed by atoms with van der Waals surface area (Å²) >= 11 is 0. The fourth-order valence-corrected chi connectivity index (χ4v) is 1.80. The van der Waals surface area contributed by atoms with Gasteiger partial charge >= 0.3 is 11.9 Å². The number of aryl methyl sites for hydroxylation is 2. The topological polar surface area (TPSA) is 63.6 Å². The normalized spacial score (nSPS) is 12.0. The molecule has 0 aromatic heterocycles. The van der Waals surface area contributed by atoms with Gasteiger partial charge in [-0.2, -0.15) is 0 Å². The summed E-state index contributed by atoms with van der Waals surface area (Å²) in [6, 6.07) is 3.41. The summed E-state index contributed by atoms with van der Waals surface area (Å²) in [6.45, 7) is 5.23. The second kappa shape index (κ2) is 4.99. The van der Waals surface area contributed by atoms with Crippen LogP contribution >= 0.6 is 0 Å². The van der Waals surface area contributed by atoms with E-state index in [1.54, 1.807) is 26.0 Å². The van der Waals surface area contributed by atoms with Gasteiger partial charge in [-0.1, -0.05) is 6.07 Å². The number of hydrogen-bond donors (Lipinski definition) is 1. The van der Waals surface area contributed by atoms with E-state index in [-0.39, 0.29) is 0 Å². The lowest BCUT2D eigenvalue weighted by Gasteiger charge is -2.14. The number of rotatable bonds is 3. The lowest BCUT2D eigenvalue weighted by Crippen LogP contribution is -2.12. The van der Waals surface area contributed by atoms with Crippen LogP contribution in [0.15, 0.2) is 12.1 Å². The van der Waals surface area contributed by atoms with Crippen LogP contribution in [0.2, 0.25) is 0 Å². The monoisotopic (exact) mass is 236 g/mol. The lowest BCUT2D eigenvalue weighted by atomic mass is 9.92. The average Bonchev–Trinajstić information content (AvgIpc) is 2.27. The van der Waals surface area contributed by atoms with Crippen molar-refractivity contribution in [3.05, 3.63) is 34.4 Å². The van der Waals surface area contributed by atoms with E-state index in [4.69, 9.17) is 5.11 Å². The molecule has 1 aromatic carbocycles. The predicted octanol–water partition coefficient (Wildman–Crippen LogP) is 2.28. The molecule has 0 aliphatic carbocycles. The number of hydrogen-bond acceptors (Lipinski definition) is 3. The highest BCUT2D eigenvalue weighted by atomic mass is 16.5. The molecule has 1 atom stereocenters. The molecule has 0 heterocycles. The van der Waals surface area contributed by atoms with Gasteiger partial charge in [0, 0.05) is 0 Å². The Morgan fingerprint density at radius 1 is 1.24 bits per heavy atom. The first kappa shape index (κ1) is 13.2. The van der Waals surface area contributed by atoms with E-state index in [1.165, 1.54) is 7.11 Å². The molecule has 1 N–H and O–H groups in total. The quantitative estimate of drug-likeness (QED) is 0.818. The molecule has 0 aliphatic heterocycles. The highest BCUT2D eigenvalue weighted by Crippen LogP contribution is 2.24. The Kier molecular flexibility index (Phi) is 3.89. The average molecular weight is 236 g/mol. The summed E-state index contributed by atoms with van der Waals surface area (Å²) in [7, 11) is 1.31. The number of benzene rings is 1. The summed E-state index contributed by atoms with van der Waals surface area (Å²) < 4.78 is 4.67. The Morgan fingerprint density at radius 2 is 1.82 bits per heavy atom. The molecule has 1 aromatic rings. The molecule has 0 bridgehead atoms. The first-order valence-electron chi connectivity index (χ1n) is 5.30. The van der Waals surface area contributed by atoms with Gasteiger partial charge in [-0.25, -0.2) is 4.79 Å². The molecular weight excluding hydrogens is 220 g/mol. The summed E-state index contributed by atoms with van der Waals surface area (Å²) in [5.41, 5.74) is 2.71. The van der Waals surface area contributed by atoms with Crippen molar-refractivity contribution in [3.8, 4) is 0 Å². The summed E-state index contributed by atoms with van der Waals surface area (Å²) in [4.78, 5) is 22.5. The Hall–Kier alpha value is -1.84. The second-order valence-electron chi connectivity index (χ2n) is 4.08. The molecule has 0 saturated heterocycles. The maximum atomic E-state index is 11.5. The number of esters is 1. The number of carboxylic acids is 1. The van der Waals surface area contributed by atoms with E-state index < -0.39 is 17.9 Å². The first-order valence-corrected chi connectivity index (χ1v) is 5.30. The van der Waals surface area contributed by atoms with E-state index in [1.807, 2.05) is 6.92 Å². The van der Waals surface area contributed by atoms with Crippen molar-refractivity contribution in [3.63, 3.8) is 0 Å². The predicted molar refractivity (Wildman–Crippen MR) is 63.3 cm³/mol. The molecule has 0 amide bonds. The third kappa shape index (κ3) is 2.64. The zero-order valence-corrected chi connectivity index (χ0v) is 10.4. The third-order valence-corrected chi connectivity index (χ3v) is 2.86. The molecule has 92 valence electrons. The minimum Gasteiger partial charge on any atom is -0.481 e. The molecule has 17 heavy (non-hydrogen) atoms. The number of carboxylic acid groups (broad SMARTS) is 1. The molecule has 4 heteroatoms. The molecule has 0 spiro atoms. The van der Waals surface area contributed by atoms with Crippen LogP contribution in [0.25, 0.3) is 0 Å². The largest absolute Gasteiger partial charge is 0.481 e. The Morgan fingerprint density at radius 3 is 2.29 bits per heavy atom. The van der Waals surface area contributed by atoms with Gasteiger partial charge in [0.15, 0.2) is 0 Å². The van der Waals surface area contributed by atoms with Crippen molar-refractivity contribution < 1.29 is 19.4 Å². The van der Waals surface area contributed by atoms with E-state index in [0.29, 0.717) is 11.1 Å². The molecule has 1 unspecified atom stereocenters. The minimum absolute atomic E-state index is 0.418. The van der Waals surface area contributed by atoms with Crippen LogP contribution in [0.1, 0.15) is 39.9 Å². The SMILES string of the molecule is COC(=O)c1cc(C(C)C(=O)O)c(C)cc1C. The molecule has 0 radical (unpaired) electrons. The summed E-state index contributed by atoms with van der Waals surface area (Å²) in [5, 5.41) is 9.00. The zero-order chi connectivity index (χ0) is 13.2. The van der Waals surface area contributed by atoms with Crippen molar-refractivity contribution in [1.82, 2.24) is 0 Å². The van der Waals surface area contributed by atoms with Crippen LogP contribution in [0.5, 0.6) is 0 Å². The van der Waals surface area contributed by atoms with Crippen molar-refractivity contribution in [2.75, 3.05) is 7.11 Å². The zero-order valence-electron chi connectivity index (χ0n) is 10.4. The number of aliphatic carboxylic acids is 1. The molecule has 0 fully saturated rings. The molecule has 4 nitrogen and oxygen atoms in total. The van der Waals surface area contributed by atoms with Gasteiger partial charge in [0.05, 0.1) is 18.6 Å². The maximum Gasteiger partial charge on any atom is 0.338 e.